The van der Waals surface area contributed by atoms with Crippen LogP contribution in [0.4, 0.5) is 0 Å². The molecule has 0 saturated heterocycles. The molecule has 0 aliphatic rings. The van der Waals surface area contributed by atoms with Crippen LogP contribution < -0.4 is 0 Å². The summed E-state index contributed by atoms with van der Waals surface area (Å²) >= 11 is 0. The zero-order chi connectivity index (χ0) is 11.6. The van der Waals surface area contributed by atoms with Crippen LogP contribution in [-0.4, -0.2) is 32.2 Å². The van der Waals surface area contributed by atoms with Crippen molar-refractivity contribution in [2.24, 2.45) is 0 Å². The van der Waals surface area contributed by atoms with Gasteiger partial charge in [-0.3, -0.25) is 0 Å². The van der Waals surface area contributed by atoms with Crippen LogP contribution in [-0.2, 0) is 4.74 Å². The fraction of sp³-hybridized carbons (Fsp3) is 0.538. The van der Waals surface area contributed by atoms with E-state index >= 15 is 0 Å². The molecule has 1 aromatic rings. The van der Waals surface area contributed by atoms with Gasteiger partial charge in [-0.15, -0.1) is 0 Å². The van der Waals surface area contributed by atoms with Crippen molar-refractivity contribution >= 4 is 7.28 Å². The van der Waals surface area contributed by atoms with Crippen molar-refractivity contribution in [1.29, 1.82) is 0 Å². The van der Waals surface area contributed by atoms with E-state index in [1.807, 2.05) is 0 Å². The average molecular weight is 220 g/mol. The number of aliphatic hydroxyl groups excluding tert-OH is 1. The molecular weight excluding hydrogens is 199 g/mol. The van der Waals surface area contributed by atoms with Crippen molar-refractivity contribution in [3.8, 4) is 0 Å². The molecule has 0 aliphatic heterocycles. The van der Waals surface area contributed by atoms with E-state index in [1.165, 1.54) is 12.0 Å². The predicted octanol–water partition coefficient (Wildman–Crippen LogP) is 2.00. The van der Waals surface area contributed by atoms with Crippen LogP contribution in [0.5, 0.6) is 0 Å². The van der Waals surface area contributed by atoms with Gasteiger partial charge in [-0.05, 0) is 5.82 Å². The molecule has 0 bridgehead atoms. The molecule has 0 aliphatic carbocycles. The molecule has 1 rings (SSSR count). The smallest absolute Gasteiger partial charge is 0.132 e. The Balaban J connectivity index is 2.27. The van der Waals surface area contributed by atoms with Crippen molar-refractivity contribution < 1.29 is 9.84 Å². The van der Waals surface area contributed by atoms with Crippen molar-refractivity contribution in [3.05, 3.63) is 35.9 Å². The van der Waals surface area contributed by atoms with Gasteiger partial charge in [0.1, 0.15) is 7.28 Å². The summed E-state index contributed by atoms with van der Waals surface area (Å²) in [6.07, 6.45) is 2.23. The van der Waals surface area contributed by atoms with Gasteiger partial charge in [-0.1, -0.05) is 55.6 Å². The number of hydrogen-bond donors (Lipinski definition) is 1. The van der Waals surface area contributed by atoms with E-state index in [1.54, 1.807) is 0 Å². The molecule has 2 nitrogen and oxygen atoms in total. The van der Waals surface area contributed by atoms with E-state index in [0.717, 1.165) is 20.2 Å². The second kappa shape index (κ2) is 8.37. The molecule has 16 heavy (non-hydrogen) atoms. The summed E-state index contributed by atoms with van der Waals surface area (Å²) in [6, 6.07) is 10.6. The van der Waals surface area contributed by atoms with Gasteiger partial charge in [0.25, 0.3) is 0 Å². The highest BCUT2D eigenvalue weighted by atomic mass is 16.5. The molecule has 0 radical (unpaired) electrons. The first-order valence-corrected chi connectivity index (χ1v) is 6.12. The summed E-state index contributed by atoms with van der Waals surface area (Å²) in [4.78, 5) is 0. The van der Waals surface area contributed by atoms with Gasteiger partial charge in [0.05, 0.1) is 13.2 Å². The number of ether oxygens (including phenoxy) is 1. The highest BCUT2D eigenvalue weighted by Gasteiger charge is 2.09. The van der Waals surface area contributed by atoms with Crippen LogP contribution in [0.1, 0.15) is 24.7 Å². The van der Waals surface area contributed by atoms with E-state index in [4.69, 9.17) is 9.84 Å². The van der Waals surface area contributed by atoms with Crippen molar-refractivity contribution in [2.45, 2.75) is 25.5 Å². The van der Waals surface area contributed by atoms with E-state index in [-0.39, 0.29) is 6.61 Å². The SMILES string of the molecule is CCC(BCCOCCO)c1ccccc1. The van der Waals surface area contributed by atoms with Crippen LogP contribution >= 0.6 is 0 Å². The quantitative estimate of drug-likeness (QED) is 0.536. The Morgan fingerprint density at radius 3 is 2.62 bits per heavy atom. The molecule has 1 aromatic carbocycles. The maximum absolute atomic E-state index is 8.57. The second-order valence-corrected chi connectivity index (χ2v) is 3.99. The van der Waals surface area contributed by atoms with Crippen molar-refractivity contribution in [2.75, 3.05) is 19.8 Å². The van der Waals surface area contributed by atoms with Crippen molar-refractivity contribution in [3.63, 3.8) is 0 Å². The third-order valence-electron chi connectivity index (χ3n) is 2.84. The zero-order valence-electron chi connectivity index (χ0n) is 10.1. The zero-order valence-corrected chi connectivity index (χ0v) is 10.1. The maximum Gasteiger partial charge on any atom is 0.132 e. The molecule has 0 spiro atoms. The molecular formula is C13H21BO2. The van der Waals surface area contributed by atoms with Crippen LogP contribution in [0.2, 0.25) is 6.32 Å². The Bertz CT molecular complexity index is 264. The van der Waals surface area contributed by atoms with E-state index < -0.39 is 0 Å². The monoisotopic (exact) mass is 220 g/mol. The van der Waals surface area contributed by atoms with Crippen molar-refractivity contribution in [1.82, 2.24) is 0 Å². The highest BCUT2D eigenvalue weighted by molar-refractivity contribution is 6.37. The molecule has 0 saturated carbocycles. The number of benzene rings is 1. The predicted molar refractivity (Wildman–Crippen MR) is 69.3 cm³/mol. The van der Waals surface area contributed by atoms with E-state index in [9.17, 15) is 0 Å². The van der Waals surface area contributed by atoms with E-state index in [0.29, 0.717) is 12.4 Å². The number of rotatable bonds is 8. The molecule has 1 unspecified atom stereocenters. The lowest BCUT2D eigenvalue weighted by molar-refractivity contribution is 0.101. The summed E-state index contributed by atoms with van der Waals surface area (Å²) in [5.41, 5.74) is 1.42. The topological polar surface area (TPSA) is 29.5 Å². The normalized spacial score (nSPS) is 12.4. The lowest BCUT2D eigenvalue weighted by Crippen LogP contribution is -2.10. The minimum atomic E-state index is 0.121. The number of hydrogen-bond acceptors (Lipinski definition) is 2. The van der Waals surface area contributed by atoms with Crippen LogP contribution in [0.15, 0.2) is 30.3 Å². The Morgan fingerprint density at radius 1 is 1.25 bits per heavy atom. The second-order valence-electron chi connectivity index (χ2n) is 3.99. The lowest BCUT2D eigenvalue weighted by Gasteiger charge is -2.13. The minimum Gasteiger partial charge on any atom is -0.394 e. The molecule has 1 N–H and O–H groups in total. The molecule has 0 heterocycles. The molecule has 1 atom stereocenters. The largest absolute Gasteiger partial charge is 0.394 e. The fourth-order valence-corrected chi connectivity index (χ4v) is 1.93. The standard InChI is InChI=1S/C13H21BO2/c1-2-13(12-6-4-3-5-7-12)14-8-10-16-11-9-15/h3-7,13-15H,2,8-11H2,1H3. The maximum atomic E-state index is 8.57. The highest BCUT2D eigenvalue weighted by Crippen LogP contribution is 2.18. The summed E-state index contributed by atoms with van der Waals surface area (Å²) in [5.74, 6) is 0.638. The Labute approximate surface area is 98.9 Å². The number of aliphatic hydroxyl groups is 1. The van der Waals surface area contributed by atoms with Gasteiger partial charge in [-0.25, -0.2) is 0 Å². The van der Waals surface area contributed by atoms with Crippen LogP contribution in [0.25, 0.3) is 0 Å². The average Bonchev–Trinajstić information content (AvgIpc) is 2.35. The van der Waals surface area contributed by atoms with E-state index in [2.05, 4.69) is 37.3 Å². The first-order valence-electron chi connectivity index (χ1n) is 6.12. The molecule has 88 valence electrons. The summed E-state index contributed by atoms with van der Waals surface area (Å²) in [5, 5.41) is 8.57. The summed E-state index contributed by atoms with van der Waals surface area (Å²) in [7, 11) is 1.16. The van der Waals surface area contributed by atoms with Gasteiger partial charge in [0.2, 0.25) is 0 Å². The first kappa shape index (κ1) is 13.3. The van der Waals surface area contributed by atoms with Gasteiger partial charge in [0, 0.05) is 6.61 Å². The molecule has 0 aromatic heterocycles. The van der Waals surface area contributed by atoms with Gasteiger partial charge >= 0.3 is 0 Å². The third kappa shape index (κ3) is 4.82. The van der Waals surface area contributed by atoms with Gasteiger partial charge < -0.3 is 9.84 Å². The Hall–Kier alpha value is -0.795. The fourth-order valence-electron chi connectivity index (χ4n) is 1.93. The van der Waals surface area contributed by atoms with Gasteiger partial charge in [0.15, 0.2) is 0 Å². The molecule has 3 heteroatoms. The molecule has 0 amide bonds. The third-order valence-corrected chi connectivity index (χ3v) is 2.84. The Kier molecular flexibility index (Phi) is 6.94. The first-order chi connectivity index (χ1) is 7.88. The lowest BCUT2D eigenvalue weighted by atomic mass is 9.58. The summed E-state index contributed by atoms with van der Waals surface area (Å²) in [6.45, 7) is 3.56. The summed E-state index contributed by atoms with van der Waals surface area (Å²) < 4.78 is 5.26. The van der Waals surface area contributed by atoms with Crippen LogP contribution in [0, 0.1) is 0 Å². The minimum absolute atomic E-state index is 0.121. The molecule has 0 fully saturated rings. The Morgan fingerprint density at radius 2 is 2.00 bits per heavy atom. The van der Waals surface area contributed by atoms with Gasteiger partial charge in [-0.2, -0.15) is 0 Å². The van der Waals surface area contributed by atoms with Crippen LogP contribution in [0.3, 0.4) is 0 Å².